The molecular weight excluding hydrogens is 140 g/mol. The van der Waals surface area contributed by atoms with Crippen molar-refractivity contribution in [3.63, 3.8) is 0 Å². The molecule has 0 radical (unpaired) electrons. The number of likely N-dealkylation sites (tertiary alicyclic amines) is 1. The summed E-state index contributed by atoms with van der Waals surface area (Å²) in [4.78, 5) is 12.4. The Balaban J connectivity index is 2.43. The minimum atomic E-state index is 0.424. The van der Waals surface area contributed by atoms with E-state index < -0.39 is 0 Å². The van der Waals surface area contributed by atoms with E-state index >= 15 is 0 Å². The molecule has 1 fully saturated rings. The average molecular weight is 156 g/mol. The first kappa shape index (κ1) is 8.53. The zero-order valence-electron chi connectivity index (χ0n) is 7.21. The molecule has 0 aromatic carbocycles. The molecule has 3 heteroatoms. The van der Waals surface area contributed by atoms with E-state index in [2.05, 4.69) is 12.2 Å². The Hall–Kier alpha value is -0.570. The predicted molar refractivity (Wildman–Crippen MR) is 44.3 cm³/mol. The van der Waals surface area contributed by atoms with Crippen LogP contribution in [0.2, 0.25) is 0 Å². The fourth-order valence-electron chi connectivity index (χ4n) is 1.75. The Kier molecular flexibility index (Phi) is 2.88. The smallest absolute Gasteiger partial charge is 0.210 e. The summed E-state index contributed by atoms with van der Waals surface area (Å²) in [5, 5.41) is 3.09. The molecule has 1 amide bonds. The van der Waals surface area contributed by atoms with Gasteiger partial charge in [-0.1, -0.05) is 6.92 Å². The highest BCUT2D eigenvalue weighted by molar-refractivity contribution is 5.48. The second-order valence-corrected chi connectivity index (χ2v) is 3.35. The summed E-state index contributed by atoms with van der Waals surface area (Å²) < 4.78 is 0. The van der Waals surface area contributed by atoms with E-state index in [1.807, 2.05) is 11.9 Å². The molecule has 1 rings (SSSR count). The third-order valence-electron chi connectivity index (χ3n) is 2.24. The van der Waals surface area contributed by atoms with E-state index in [0.29, 0.717) is 12.0 Å². The molecule has 1 saturated heterocycles. The Morgan fingerprint density at radius 1 is 1.73 bits per heavy atom. The second kappa shape index (κ2) is 3.72. The summed E-state index contributed by atoms with van der Waals surface area (Å²) in [5.74, 6) is 0.665. The molecule has 1 aliphatic rings. The molecule has 64 valence electrons. The SMILES string of the molecule is CNCC1CC(C)CN1C=O. The van der Waals surface area contributed by atoms with Crippen LogP contribution in [0, 0.1) is 5.92 Å². The lowest BCUT2D eigenvalue weighted by Crippen LogP contribution is -2.35. The van der Waals surface area contributed by atoms with Gasteiger partial charge in [-0.25, -0.2) is 0 Å². The van der Waals surface area contributed by atoms with Gasteiger partial charge in [-0.05, 0) is 19.4 Å². The first-order valence-corrected chi connectivity index (χ1v) is 4.13. The summed E-state index contributed by atoms with van der Waals surface area (Å²) in [6.45, 7) is 4.03. The van der Waals surface area contributed by atoms with E-state index in [-0.39, 0.29) is 0 Å². The number of hydrogen-bond acceptors (Lipinski definition) is 2. The number of rotatable bonds is 3. The van der Waals surface area contributed by atoms with Gasteiger partial charge in [0.1, 0.15) is 0 Å². The Morgan fingerprint density at radius 2 is 2.45 bits per heavy atom. The maximum Gasteiger partial charge on any atom is 0.210 e. The van der Waals surface area contributed by atoms with Crippen molar-refractivity contribution in [2.24, 2.45) is 5.92 Å². The van der Waals surface area contributed by atoms with Crippen LogP contribution >= 0.6 is 0 Å². The quantitative estimate of drug-likeness (QED) is 0.587. The summed E-state index contributed by atoms with van der Waals surface area (Å²) in [6, 6.07) is 0.424. The topological polar surface area (TPSA) is 32.3 Å². The van der Waals surface area contributed by atoms with Gasteiger partial charge in [0.05, 0.1) is 0 Å². The van der Waals surface area contributed by atoms with Crippen molar-refractivity contribution in [3.8, 4) is 0 Å². The number of nitrogens with zero attached hydrogens (tertiary/aromatic N) is 1. The Bertz CT molecular complexity index is 138. The Morgan fingerprint density at radius 3 is 3.00 bits per heavy atom. The van der Waals surface area contributed by atoms with Crippen LogP contribution in [-0.2, 0) is 4.79 Å². The first-order valence-electron chi connectivity index (χ1n) is 4.13. The average Bonchev–Trinajstić information content (AvgIpc) is 2.32. The van der Waals surface area contributed by atoms with Gasteiger partial charge in [-0.2, -0.15) is 0 Å². The minimum absolute atomic E-state index is 0.424. The van der Waals surface area contributed by atoms with Gasteiger partial charge in [0.25, 0.3) is 0 Å². The summed E-state index contributed by atoms with van der Waals surface area (Å²) in [6.07, 6.45) is 2.10. The lowest BCUT2D eigenvalue weighted by molar-refractivity contribution is -0.118. The van der Waals surface area contributed by atoms with Crippen LogP contribution in [0.25, 0.3) is 0 Å². The zero-order chi connectivity index (χ0) is 8.27. The van der Waals surface area contributed by atoms with Crippen LogP contribution in [0.5, 0.6) is 0 Å². The van der Waals surface area contributed by atoms with E-state index in [1.54, 1.807) is 0 Å². The molecule has 0 aliphatic carbocycles. The molecule has 3 nitrogen and oxygen atoms in total. The maximum absolute atomic E-state index is 10.5. The van der Waals surface area contributed by atoms with Crippen LogP contribution < -0.4 is 5.32 Å². The van der Waals surface area contributed by atoms with Crippen LogP contribution in [0.4, 0.5) is 0 Å². The molecule has 0 spiro atoms. The third kappa shape index (κ3) is 1.93. The van der Waals surface area contributed by atoms with Crippen molar-refractivity contribution in [2.45, 2.75) is 19.4 Å². The summed E-state index contributed by atoms with van der Waals surface area (Å²) in [5.41, 5.74) is 0. The molecule has 1 heterocycles. The van der Waals surface area contributed by atoms with E-state index in [0.717, 1.165) is 25.9 Å². The van der Waals surface area contributed by atoms with Crippen molar-refractivity contribution in [2.75, 3.05) is 20.1 Å². The number of carbonyl (C=O) groups excluding carboxylic acids is 1. The third-order valence-corrected chi connectivity index (χ3v) is 2.24. The zero-order valence-corrected chi connectivity index (χ0v) is 7.21. The lowest BCUT2D eigenvalue weighted by atomic mass is 10.1. The highest BCUT2D eigenvalue weighted by Crippen LogP contribution is 2.20. The van der Waals surface area contributed by atoms with Gasteiger partial charge in [-0.3, -0.25) is 4.79 Å². The van der Waals surface area contributed by atoms with Crippen LogP contribution in [0.1, 0.15) is 13.3 Å². The molecule has 1 N–H and O–H groups in total. The van der Waals surface area contributed by atoms with E-state index in [1.165, 1.54) is 0 Å². The van der Waals surface area contributed by atoms with Crippen molar-refractivity contribution in [1.82, 2.24) is 10.2 Å². The van der Waals surface area contributed by atoms with Gasteiger partial charge in [0.15, 0.2) is 0 Å². The number of amides is 1. The molecule has 0 bridgehead atoms. The minimum Gasteiger partial charge on any atom is -0.341 e. The number of nitrogens with one attached hydrogen (secondary N) is 1. The summed E-state index contributed by atoms with van der Waals surface area (Å²) in [7, 11) is 1.92. The lowest BCUT2D eigenvalue weighted by Gasteiger charge is -2.18. The van der Waals surface area contributed by atoms with Gasteiger partial charge >= 0.3 is 0 Å². The molecule has 0 aromatic rings. The normalized spacial score (nSPS) is 30.9. The van der Waals surface area contributed by atoms with E-state index in [9.17, 15) is 4.79 Å². The molecule has 11 heavy (non-hydrogen) atoms. The van der Waals surface area contributed by atoms with Crippen molar-refractivity contribution < 1.29 is 4.79 Å². The highest BCUT2D eigenvalue weighted by Gasteiger charge is 2.27. The first-order chi connectivity index (χ1) is 5.27. The molecule has 1 aliphatic heterocycles. The molecule has 0 aromatic heterocycles. The highest BCUT2D eigenvalue weighted by atomic mass is 16.1. The van der Waals surface area contributed by atoms with Gasteiger partial charge in [0.2, 0.25) is 6.41 Å². The molecule has 2 atom stereocenters. The van der Waals surface area contributed by atoms with Crippen molar-refractivity contribution in [3.05, 3.63) is 0 Å². The van der Waals surface area contributed by atoms with Crippen molar-refractivity contribution in [1.29, 1.82) is 0 Å². The number of carbonyl (C=O) groups is 1. The molecular formula is C8H16N2O. The molecule has 2 unspecified atom stereocenters. The number of likely N-dealkylation sites (N-methyl/N-ethyl adjacent to an activating group) is 1. The second-order valence-electron chi connectivity index (χ2n) is 3.35. The Labute approximate surface area is 67.8 Å². The van der Waals surface area contributed by atoms with Crippen LogP contribution in [-0.4, -0.2) is 37.5 Å². The largest absolute Gasteiger partial charge is 0.341 e. The van der Waals surface area contributed by atoms with Gasteiger partial charge in [-0.15, -0.1) is 0 Å². The molecule has 0 saturated carbocycles. The standard InChI is InChI=1S/C8H16N2O/c1-7-3-8(4-9-2)10(5-7)6-11/h6-9H,3-5H2,1-2H3. The van der Waals surface area contributed by atoms with E-state index in [4.69, 9.17) is 0 Å². The maximum atomic E-state index is 10.5. The summed E-state index contributed by atoms with van der Waals surface area (Å²) >= 11 is 0. The van der Waals surface area contributed by atoms with Crippen molar-refractivity contribution >= 4 is 6.41 Å². The fourth-order valence-corrected chi connectivity index (χ4v) is 1.75. The fraction of sp³-hybridized carbons (Fsp3) is 0.875. The van der Waals surface area contributed by atoms with Gasteiger partial charge in [0, 0.05) is 19.1 Å². The van der Waals surface area contributed by atoms with Crippen LogP contribution in [0.15, 0.2) is 0 Å². The van der Waals surface area contributed by atoms with Crippen LogP contribution in [0.3, 0.4) is 0 Å². The number of hydrogen-bond donors (Lipinski definition) is 1. The van der Waals surface area contributed by atoms with Gasteiger partial charge < -0.3 is 10.2 Å². The monoisotopic (exact) mass is 156 g/mol. The predicted octanol–water partition coefficient (Wildman–Crippen LogP) is 0.0726.